The minimum atomic E-state index is -0.804. The summed E-state index contributed by atoms with van der Waals surface area (Å²) in [5, 5.41) is 16.7. The van der Waals surface area contributed by atoms with E-state index in [2.05, 4.69) is 10.6 Å². The minimum Gasteiger partial charge on any atom is -0.388 e. The highest BCUT2D eigenvalue weighted by Gasteiger charge is 2.37. The summed E-state index contributed by atoms with van der Waals surface area (Å²) < 4.78 is 0. The summed E-state index contributed by atoms with van der Waals surface area (Å²) in [6.45, 7) is 1.59. The number of nitrogens with one attached hydrogen (secondary N) is 2. The topological polar surface area (TPSA) is 61.4 Å². The van der Waals surface area contributed by atoms with Gasteiger partial charge in [0.05, 0.1) is 11.6 Å². The maximum Gasteiger partial charge on any atom is 0.207 e. The molecule has 18 heavy (non-hydrogen) atoms. The summed E-state index contributed by atoms with van der Waals surface area (Å²) in [6, 6.07) is 9.72. The number of hydrogen-bond acceptors (Lipinski definition) is 3. The first kappa shape index (κ1) is 13.1. The van der Waals surface area contributed by atoms with E-state index in [9.17, 15) is 9.90 Å². The molecule has 1 heterocycles. The Morgan fingerprint density at radius 3 is 2.61 bits per heavy atom. The Balaban J connectivity index is 2.09. The lowest BCUT2D eigenvalue weighted by Gasteiger charge is -2.39. The molecular weight excluding hydrogens is 228 g/mol. The van der Waals surface area contributed by atoms with Gasteiger partial charge < -0.3 is 15.7 Å². The Labute approximate surface area is 107 Å². The van der Waals surface area contributed by atoms with Gasteiger partial charge in [0.25, 0.3) is 0 Å². The molecule has 0 saturated carbocycles. The van der Waals surface area contributed by atoms with Crippen LogP contribution >= 0.6 is 0 Å². The Bertz CT molecular complexity index is 375. The highest BCUT2D eigenvalue weighted by Crippen LogP contribution is 2.24. The summed E-state index contributed by atoms with van der Waals surface area (Å²) >= 11 is 0. The van der Waals surface area contributed by atoms with Crippen LogP contribution in [0.5, 0.6) is 0 Å². The summed E-state index contributed by atoms with van der Waals surface area (Å²) in [5.74, 6) is 0. The van der Waals surface area contributed by atoms with Gasteiger partial charge in [-0.25, -0.2) is 0 Å². The predicted octanol–water partition coefficient (Wildman–Crippen LogP) is 0.458. The zero-order chi connectivity index (χ0) is 12.8. The lowest BCUT2D eigenvalue weighted by atomic mass is 9.82. The van der Waals surface area contributed by atoms with Crippen molar-refractivity contribution in [1.82, 2.24) is 10.6 Å². The number of amides is 1. The van der Waals surface area contributed by atoms with E-state index < -0.39 is 5.60 Å². The summed E-state index contributed by atoms with van der Waals surface area (Å²) in [6.07, 6.45) is 2.69. The van der Waals surface area contributed by atoms with Crippen molar-refractivity contribution in [1.29, 1.82) is 0 Å². The second kappa shape index (κ2) is 5.98. The quantitative estimate of drug-likeness (QED) is 0.663. The zero-order valence-electron chi connectivity index (χ0n) is 10.4. The Morgan fingerprint density at radius 2 is 2.00 bits per heavy atom. The zero-order valence-corrected chi connectivity index (χ0v) is 10.4. The average molecular weight is 248 g/mol. The van der Waals surface area contributed by atoms with Gasteiger partial charge in [-0.2, -0.15) is 0 Å². The van der Waals surface area contributed by atoms with Crippen molar-refractivity contribution in [2.24, 2.45) is 0 Å². The van der Waals surface area contributed by atoms with Crippen molar-refractivity contribution >= 4 is 6.41 Å². The van der Waals surface area contributed by atoms with Crippen LogP contribution in [0.15, 0.2) is 30.3 Å². The molecule has 0 aromatic heterocycles. The molecule has 98 valence electrons. The second-order valence-corrected chi connectivity index (χ2v) is 4.88. The largest absolute Gasteiger partial charge is 0.388 e. The van der Waals surface area contributed by atoms with Crippen LogP contribution in [0.1, 0.15) is 18.4 Å². The highest BCUT2D eigenvalue weighted by atomic mass is 16.3. The molecule has 4 nitrogen and oxygen atoms in total. The molecule has 0 bridgehead atoms. The van der Waals surface area contributed by atoms with Crippen molar-refractivity contribution in [3.63, 3.8) is 0 Å². The first-order valence-electron chi connectivity index (χ1n) is 6.41. The highest BCUT2D eigenvalue weighted by molar-refractivity contribution is 5.47. The predicted molar refractivity (Wildman–Crippen MR) is 70.2 cm³/mol. The van der Waals surface area contributed by atoms with E-state index >= 15 is 0 Å². The molecule has 1 unspecified atom stereocenters. The molecule has 0 aliphatic carbocycles. The van der Waals surface area contributed by atoms with Crippen molar-refractivity contribution < 1.29 is 9.90 Å². The number of benzene rings is 1. The SMILES string of the molecule is O=CNC(Cc1ccccc1)C1(O)CCNCC1. The van der Waals surface area contributed by atoms with Gasteiger partial charge in [0.1, 0.15) is 0 Å². The van der Waals surface area contributed by atoms with Crippen molar-refractivity contribution in [2.75, 3.05) is 13.1 Å². The van der Waals surface area contributed by atoms with E-state index in [4.69, 9.17) is 0 Å². The van der Waals surface area contributed by atoms with Gasteiger partial charge in [0.15, 0.2) is 0 Å². The third-order valence-electron chi connectivity index (χ3n) is 3.67. The molecule has 1 aliphatic heterocycles. The van der Waals surface area contributed by atoms with Gasteiger partial charge in [0.2, 0.25) is 6.41 Å². The van der Waals surface area contributed by atoms with Crippen LogP contribution in [-0.4, -0.2) is 36.2 Å². The summed E-state index contributed by atoms with van der Waals surface area (Å²) in [5.41, 5.74) is 0.325. The van der Waals surface area contributed by atoms with Crippen molar-refractivity contribution in [3.05, 3.63) is 35.9 Å². The molecule has 1 fully saturated rings. The smallest absolute Gasteiger partial charge is 0.207 e. The second-order valence-electron chi connectivity index (χ2n) is 4.88. The van der Waals surface area contributed by atoms with Crippen molar-refractivity contribution in [3.8, 4) is 0 Å². The fraction of sp³-hybridized carbons (Fsp3) is 0.500. The van der Waals surface area contributed by atoms with Crippen molar-refractivity contribution in [2.45, 2.75) is 30.9 Å². The fourth-order valence-electron chi connectivity index (χ4n) is 2.54. The maximum atomic E-state index is 10.8. The van der Waals surface area contributed by atoms with E-state index in [1.54, 1.807) is 0 Å². The lowest BCUT2D eigenvalue weighted by Crippen LogP contribution is -2.56. The van der Waals surface area contributed by atoms with Gasteiger partial charge in [-0.1, -0.05) is 30.3 Å². The summed E-state index contributed by atoms with van der Waals surface area (Å²) in [7, 11) is 0. The van der Waals surface area contributed by atoms with Crippen LogP contribution in [0.4, 0.5) is 0 Å². The molecule has 0 spiro atoms. The molecule has 1 aromatic rings. The Hall–Kier alpha value is -1.39. The normalized spacial score (nSPS) is 20.1. The molecule has 1 aromatic carbocycles. The standard InChI is InChI=1S/C14H20N2O2/c17-11-16-13(10-12-4-2-1-3-5-12)14(18)6-8-15-9-7-14/h1-5,11,13,15,18H,6-10H2,(H,16,17). The molecule has 0 radical (unpaired) electrons. The first-order chi connectivity index (χ1) is 8.74. The first-order valence-corrected chi connectivity index (χ1v) is 6.41. The molecule has 1 aliphatic rings. The number of hydrogen-bond donors (Lipinski definition) is 3. The molecule has 2 rings (SSSR count). The number of piperidine rings is 1. The molecule has 1 atom stereocenters. The van der Waals surface area contributed by atoms with E-state index in [-0.39, 0.29) is 6.04 Å². The van der Waals surface area contributed by atoms with Crippen LogP contribution < -0.4 is 10.6 Å². The van der Waals surface area contributed by atoms with Crippen LogP contribution in [0, 0.1) is 0 Å². The average Bonchev–Trinajstić information content (AvgIpc) is 2.40. The minimum absolute atomic E-state index is 0.223. The van der Waals surface area contributed by atoms with E-state index in [0.717, 1.165) is 18.7 Å². The van der Waals surface area contributed by atoms with E-state index in [1.807, 2.05) is 30.3 Å². The molecule has 4 heteroatoms. The third-order valence-corrected chi connectivity index (χ3v) is 3.67. The Kier molecular flexibility index (Phi) is 4.33. The molecule has 1 saturated heterocycles. The number of carbonyl (C=O) groups excluding carboxylic acids is 1. The van der Waals surface area contributed by atoms with Gasteiger partial charge >= 0.3 is 0 Å². The van der Waals surface area contributed by atoms with Gasteiger partial charge in [-0.15, -0.1) is 0 Å². The number of carbonyl (C=O) groups is 1. The van der Waals surface area contributed by atoms with Crippen LogP contribution in [0.2, 0.25) is 0 Å². The third kappa shape index (κ3) is 3.09. The Morgan fingerprint density at radius 1 is 1.33 bits per heavy atom. The van der Waals surface area contributed by atoms with Crippen LogP contribution in [-0.2, 0) is 11.2 Å². The summed E-state index contributed by atoms with van der Waals surface area (Å²) in [4.78, 5) is 10.8. The molecule has 1 amide bonds. The van der Waals surface area contributed by atoms with E-state index in [1.165, 1.54) is 0 Å². The number of rotatable bonds is 5. The monoisotopic (exact) mass is 248 g/mol. The molecule has 3 N–H and O–H groups in total. The van der Waals surface area contributed by atoms with Gasteiger partial charge in [0, 0.05) is 0 Å². The number of aliphatic hydroxyl groups is 1. The van der Waals surface area contributed by atoms with E-state index in [0.29, 0.717) is 25.7 Å². The molecular formula is C14H20N2O2. The van der Waals surface area contributed by atoms with Crippen LogP contribution in [0.3, 0.4) is 0 Å². The van der Waals surface area contributed by atoms with Crippen LogP contribution in [0.25, 0.3) is 0 Å². The lowest BCUT2D eigenvalue weighted by molar-refractivity contribution is -0.113. The van der Waals surface area contributed by atoms with Gasteiger partial charge in [-0.3, -0.25) is 4.79 Å². The fourth-order valence-corrected chi connectivity index (χ4v) is 2.54. The van der Waals surface area contributed by atoms with Gasteiger partial charge in [-0.05, 0) is 37.9 Å². The maximum absolute atomic E-state index is 10.8.